The Labute approximate surface area is 206 Å². The average Bonchev–Trinajstić information content (AvgIpc) is 3.29. The van der Waals surface area contributed by atoms with Crippen LogP contribution in [0.1, 0.15) is 23.6 Å². The first-order valence-corrected chi connectivity index (χ1v) is 12.7. The van der Waals surface area contributed by atoms with Crippen molar-refractivity contribution < 1.29 is 4.74 Å². The zero-order chi connectivity index (χ0) is 23.8. The zero-order valence-electron chi connectivity index (χ0n) is 20.3. The molecule has 0 saturated carbocycles. The van der Waals surface area contributed by atoms with Crippen LogP contribution in [-0.2, 0) is 17.8 Å². The molecule has 1 N–H and O–H groups in total. The maximum atomic E-state index is 9.51. The number of nitriles is 1. The molecular weight excluding hydrogens is 436 g/mol. The summed E-state index contributed by atoms with van der Waals surface area (Å²) in [5.74, 6) is 0. The molecule has 180 valence electrons. The van der Waals surface area contributed by atoms with E-state index < -0.39 is 0 Å². The Balaban J connectivity index is 1.17. The quantitative estimate of drug-likeness (QED) is 0.631. The van der Waals surface area contributed by atoms with E-state index in [1.165, 1.54) is 16.8 Å². The van der Waals surface area contributed by atoms with Crippen LogP contribution >= 0.6 is 0 Å². The predicted molar refractivity (Wildman–Crippen MR) is 139 cm³/mol. The lowest BCUT2D eigenvalue weighted by Gasteiger charge is -2.40. The first-order chi connectivity index (χ1) is 17.2. The Bertz CT molecular complexity index is 1260. The second kappa shape index (κ2) is 9.46. The minimum atomic E-state index is 0.128. The average molecular weight is 469 g/mol. The van der Waals surface area contributed by atoms with Gasteiger partial charge in [-0.15, -0.1) is 0 Å². The lowest BCUT2D eigenvalue weighted by atomic mass is 10.1. The number of rotatable bonds is 4. The number of anilines is 2. The van der Waals surface area contributed by atoms with Crippen molar-refractivity contribution in [1.82, 2.24) is 15.2 Å². The van der Waals surface area contributed by atoms with Crippen LogP contribution in [0.15, 0.2) is 48.7 Å². The highest BCUT2D eigenvalue weighted by Gasteiger charge is 2.30. The number of aromatic nitrogens is 1. The maximum Gasteiger partial charge on any atom is 0.101 e. The van der Waals surface area contributed by atoms with Gasteiger partial charge >= 0.3 is 0 Å². The van der Waals surface area contributed by atoms with Crippen molar-refractivity contribution >= 4 is 22.3 Å². The van der Waals surface area contributed by atoms with Crippen molar-refractivity contribution in [3.05, 3.63) is 65.4 Å². The van der Waals surface area contributed by atoms with Crippen molar-refractivity contribution in [2.75, 3.05) is 55.6 Å². The molecule has 2 atom stereocenters. The van der Waals surface area contributed by atoms with Gasteiger partial charge in [0.25, 0.3) is 0 Å². The molecule has 0 spiro atoms. The molecule has 4 heterocycles. The van der Waals surface area contributed by atoms with E-state index in [0.29, 0.717) is 5.56 Å². The van der Waals surface area contributed by atoms with E-state index in [0.717, 1.165) is 75.5 Å². The molecule has 3 aliphatic rings. The number of piperazine rings is 1. The highest BCUT2D eigenvalue weighted by atomic mass is 16.5. The molecule has 0 aliphatic carbocycles. The first kappa shape index (κ1) is 22.3. The normalized spacial score (nSPS) is 22.9. The molecule has 35 heavy (non-hydrogen) atoms. The van der Waals surface area contributed by atoms with Gasteiger partial charge in [0.1, 0.15) is 6.07 Å². The second-order valence-corrected chi connectivity index (χ2v) is 9.98. The number of fused-ring (bicyclic) bond motifs is 2. The van der Waals surface area contributed by atoms with Gasteiger partial charge in [-0.25, -0.2) is 0 Å². The molecule has 2 aromatic carbocycles. The largest absolute Gasteiger partial charge is 0.370 e. The van der Waals surface area contributed by atoms with Crippen LogP contribution < -0.4 is 15.1 Å². The minimum absolute atomic E-state index is 0.128. The highest BCUT2D eigenvalue weighted by molar-refractivity contribution is 5.95. The van der Waals surface area contributed by atoms with Crippen molar-refractivity contribution in [2.45, 2.75) is 32.2 Å². The van der Waals surface area contributed by atoms with Gasteiger partial charge in [-0.05, 0) is 54.4 Å². The number of pyridine rings is 1. The Hall–Kier alpha value is -3.18. The first-order valence-electron chi connectivity index (χ1n) is 12.7. The Morgan fingerprint density at radius 2 is 1.91 bits per heavy atom. The Morgan fingerprint density at radius 1 is 1.06 bits per heavy atom. The smallest absolute Gasteiger partial charge is 0.101 e. The molecule has 3 aromatic rings. The fourth-order valence-electron chi connectivity index (χ4n) is 5.85. The lowest BCUT2D eigenvalue weighted by Crippen LogP contribution is -2.50. The van der Waals surface area contributed by atoms with E-state index in [4.69, 9.17) is 4.74 Å². The summed E-state index contributed by atoms with van der Waals surface area (Å²) >= 11 is 0. The number of hydrogen-bond donors (Lipinski definition) is 1. The van der Waals surface area contributed by atoms with Crippen molar-refractivity contribution in [1.29, 1.82) is 5.26 Å². The summed E-state index contributed by atoms with van der Waals surface area (Å²) in [4.78, 5) is 11.9. The highest BCUT2D eigenvalue weighted by Crippen LogP contribution is 2.32. The lowest BCUT2D eigenvalue weighted by molar-refractivity contribution is -0.0329. The van der Waals surface area contributed by atoms with Crippen molar-refractivity contribution in [3.63, 3.8) is 0 Å². The molecule has 7 nitrogen and oxygen atoms in total. The summed E-state index contributed by atoms with van der Waals surface area (Å²) in [6.07, 6.45) is 2.03. The second-order valence-electron chi connectivity index (χ2n) is 9.98. The standard InChI is InChI=1S/C28H32N6O/c1-20-15-34(27-7-5-21(14-29)28-26(27)3-2-8-31-28)19-25(35-20)18-32-16-22-4-6-24(13-23(22)17-32)33-11-9-30-10-12-33/h2-8,13,20,25,30H,9-12,15-19H2,1H3/t20-,25+/m1/s1. The number of morpholine rings is 1. The van der Waals surface area contributed by atoms with E-state index in [1.54, 1.807) is 6.20 Å². The van der Waals surface area contributed by atoms with Gasteiger partial charge in [-0.2, -0.15) is 5.26 Å². The van der Waals surface area contributed by atoms with Crippen LogP contribution in [0.3, 0.4) is 0 Å². The summed E-state index contributed by atoms with van der Waals surface area (Å²) < 4.78 is 6.41. The molecule has 0 radical (unpaired) electrons. The van der Waals surface area contributed by atoms with Gasteiger partial charge in [-0.1, -0.05) is 6.07 Å². The van der Waals surface area contributed by atoms with Crippen molar-refractivity contribution in [2.24, 2.45) is 0 Å². The fourth-order valence-corrected chi connectivity index (χ4v) is 5.85. The van der Waals surface area contributed by atoms with E-state index in [1.807, 2.05) is 12.1 Å². The van der Waals surface area contributed by atoms with Gasteiger partial charge in [-0.3, -0.25) is 9.88 Å². The van der Waals surface area contributed by atoms with Crippen LogP contribution in [0.25, 0.3) is 10.9 Å². The molecule has 1 aromatic heterocycles. The van der Waals surface area contributed by atoms with Gasteiger partial charge < -0.3 is 19.9 Å². The van der Waals surface area contributed by atoms with Crippen molar-refractivity contribution in [3.8, 4) is 6.07 Å². The van der Waals surface area contributed by atoms with Crippen LogP contribution in [0.5, 0.6) is 0 Å². The van der Waals surface area contributed by atoms with Gasteiger partial charge in [0, 0.05) is 81.9 Å². The third-order valence-electron chi connectivity index (χ3n) is 7.46. The zero-order valence-corrected chi connectivity index (χ0v) is 20.3. The van der Waals surface area contributed by atoms with E-state index in [2.05, 4.69) is 68.3 Å². The molecule has 0 unspecified atom stereocenters. The molecule has 6 rings (SSSR count). The van der Waals surface area contributed by atoms with E-state index in [-0.39, 0.29) is 12.2 Å². The fraction of sp³-hybridized carbons (Fsp3) is 0.429. The summed E-state index contributed by atoms with van der Waals surface area (Å²) in [5, 5.41) is 14.0. The van der Waals surface area contributed by atoms with Crippen LogP contribution in [0.2, 0.25) is 0 Å². The third kappa shape index (κ3) is 4.45. The molecule has 3 aliphatic heterocycles. The SMILES string of the molecule is C[C@@H]1CN(c2ccc(C#N)c3ncccc23)C[C@H](CN2Cc3ccc(N4CCNCC4)cc3C2)O1. The van der Waals surface area contributed by atoms with Gasteiger partial charge in [0.2, 0.25) is 0 Å². The van der Waals surface area contributed by atoms with E-state index >= 15 is 0 Å². The van der Waals surface area contributed by atoms with Gasteiger partial charge in [0.05, 0.1) is 23.3 Å². The monoisotopic (exact) mass is 468 g/mol. The Morgan fingerprint density at radius 3 is 2.77 bits per heavy atom. The predicted octanol–water partition coefficient (Wildman–Crippen LogP) is 3.13. The molecule has 0 amide bonds. The Kier molecular flexibility index (Phi) is 6.03. The third-order valence-corrected chi connectivity index (χ3v) is 7.46. The summed E-state index contributed by atoms with van der Waals surface area (Å²) in [6, 6.07) is 17.3. The van der Waals surface area contributed by atoms with Gasteiger partial charge in [0.15, 0.2) is 0 Å². The van der Waals surface area contributed by atoms with Crippen LogP contribution in [0, 0.1) is 11.3 Å². The molecule has 0 bridgehead atoms. The number of benzene rings is 2. The number of ether oxygens (including phenoxy) is 1. The van der Waals surface area contributed by atoms with Crippen LogP contribution in [-0.4, -0.2) is 67.9 Å². The number of hydrogen-bond acceptors (Lipinski definition) is 7. The van der Waals surface area contributed by atoms with Crippen LogP contribution in [0.4, 0.5) is 11.4 Å². The summed E-state index contributed by atoms with van der Waals surface area (Å²) in [7, 11) is 0. The molecule has 7 heteroatoms. The summed E-state index contributed by atoms with van der Waals surface area (Å²) in [5.41, 5.74) is 6.77. The number of nitrogens with zero attached hydrogens (tertiary/aromatic N) is 5. The number of nitrogens with one attached hydrogen (secondary N) is 1. The maximum absolute atomic E-state index is 9.51. The topological polar surface area (TPSA) is 67.7 Å². The summed E-state index contributed by atoms with van der Waals surface area (Å²) in [6.45, 7) is 11.0. The molecule has 2 fully saturated rings. The van der Waals surface area contributed by atoms with E-state index in [9.17, 15) is 5.26 Å². The molecular formula is C28H32N6O. The molecule has 2 saturated heterocycles. The minimum Gasteiger partial charge on any atom is -0.370 e.